The number of nitrogens with zero attached hydrogens (tertiary/aromatic N) is 6. The minimum absolute atomic E-state index is 0.00341. The molecule has 0 radical (unpaired) electrons. The molecule has 0 saturated carbocycles. The molecule has 2 aromatic rings. The monoisotopic (exact) mass is 343 g/mol. The number of piperazine rings is 1. The third-order valence-electron chi connectivity index (χ3n) is 4.50. The average Bonchev–Trinajstić information content (AvgIpc) is 3.13. The van der Waals surface area contributed by atoms with Crippen LogP contribution in [-0.2, 0) is 17.9 Å². The molecule has 0 aromatic carbocycles. The van der Waals surface area contributed by atoms with Crippen LogP contribution < -0.4 is 10.2 Å². The van der Waals surface area contributed by atoms with Crippen LogP contribution in [0.1, 0.15) is 12.5 Å². The zero-order valence-corrected chi connectivity index (χ0v) is 14.8. The van der Waals surface area contributed by atoms with Gasteiger partial charge < -0.3 is 15.1 Å². The van der Waals surface area contributed by atoms with Crippen LogP contribution in [0, 0.1) is 5.92 Å². The van der Waals surface area contributed by atoms with Crippen LogP contribution in [0.15, 0.2) is 31.0 Å². The maximum atomic E-state index is 12.4. The van der Waals surface area contributed by atoms with Crippen molar-refractivity contribution in [3.05, 3.63) is 36.5 Å². The summed E-state index contributed by atoms with van der Waals surface area (Å²) in [5.74, 6) is 0.800. The van der Waals surface area contributed by atoms with Gasteiger partial charge in [-0.2, -0.15) is 5.10 Å². The number of anilines is 1. The Bertz CT molecular complexity index is 680. The van der Waals surface area contributed by atoms with Gasteiger partial charge >= 0.3 is 0 Å². The highest BCUT2D eigenvalue weighted by atomic mass is 16.1. The molecule has 8 nitrogen and oxygen atoms in total. The Morgan fingerprint density at radius 2 is 2.12 bits per heavy atom. The maximum Gasteiger partial charge on any atom is 0.224 e. The number of likely N-dealkylation sites (N-methyl/N-ethyl adjacent to an activating group) is 1. The fourth-order valence-electron chi connectivity index (χ4n) is 2.92. The van der Waals surface area contributed by atoms with Crippen LogP contribution in [-0.4, -0.2) is 63.8 Å². The topological polar surface area (TPSA) is 79.2 Å². The first-order valence-corrected chi connectivity index (χ1v) is 8.61. The molecule has 0 spiro atoms. The summed E-state index contributed by atoms with van der Waals surface area (Å²) >= 11 is 0. The molecule has 1 atom stereocenters. The SMILES string of the molecule is C[C@H](Cn1cncn1)C(=O)NCc1cccnc1N1CCN(C)CC1. The smallest absolute Gasteiger partial charge is 0.224 e. The Morgan fingerprint density at radius 1 is 1.32 bits per heavy atom. The van der Waals surface area contributed by atoms with Gasteiger partial charge in [0.1, 0.15) is 18.5 Å². The second-order valence-corrected chi connectivity index (χ2v) is 6.51. The van der Waals surface area contributed by atoms with Crippen LogP contribution in [0.25, 0.3) is 0 Å². The first kappa shape index (κ1) is 17.3. The van der Waals surface area contributed by atoms with Crippen molar-refractivity contribution in [2.45, 2.75) is 20.0 Å². The van der Waals surface area contributed by atoms with E-state index in [1.165, 1.54) is 6.33 Å². The second-order valence-electron chi connectivity index (χ2n) is 6.51. The third-order valence-corrected chi connectivity index (χ3v) is 4.50. The van der Waals surface area contributed by atoms with E-state index in [2.05, 4.69) is 37.2 Å². The number of carbonyl (C=O) groups excluding carboxylic acids is 1. The van der Waals surface area contributed by atoms with Crippen molar-refractivity contribution in [2.75, 3.05) is 38.1 Å². The lowest BCUT2D eigenvalue weighted by Crippen LogP contribution is -2.45. The average molecular weight is 343 g/mol. The quantitative estimate of drug-likeness (QED) is 0.817. The van der Waals surface area contributed by atoms with Crippen LogP contribution in [0.5, 0.6) is 0 Å². The molecule has 1 amide bonds. The Hall–Kier alpha value is -2.48. The first-order chi connectivity index (χ1) is 12.1. The van der Waals surface area contributed by atoms with E-state index in [4.69, 9.17) is 0 Å². The molecule has 0 aliphatic carbocycles. The van der Waals surface area contributed by atoms with Gasteiger partial charge in [-0.15, -0.1) is 0 Å². The number of hydrogen-bond acceptors (Lipinski definition) is 6. The van der Waals surface area contributed by atoms with Crippen LogP contribution in [0.4, 0.5) is 5.82 Å². The van der Waals surface area contributed by atoms with Gasteiger partial charge in [0.05, 0.1) is 12.5 Å². The van der Waals surface area contributed by atoms with Crippen molar-refractivity contribution in [1.29, 1.82) is 0 Å². The Morgan fingerprint density at radius 3 is 2.84 bits per heavy atom. The molecule has 134 valence electrons. The van der Waals surface area contributed by atoms with Crippen LogP contribution >= 0.6 is 0 Å². The van der Waals surface area contributed by atoms with Gasteiger partial charge in [0.2, 0.25) is 5.91 Å². The molecule has 1 N–H and O–H groups in total. The molecule has 1 fully saturated rings. The van der Waals surface area contributed by atoms with Crippen molar-refractivity contribution in [3.63, 3.8) is 0 Å². The summed E-state index contributed by atoms with van der Waals surface area (Å²) in [4.78, 5) is 25.4. The fraction of sp³-hybridized carbons (Fsp3) is 0.529. The number of hydrogen-bond donors (Lipinski definition) is 1. The van der Waals surface area contributed by atoms with Gasteiger partial charge in [0.15, 0.2) is 0 Å². The molecule has 0 bridgehead atoms. The fourth-order valence-corrected chi connectivity index (χ4v) is 2.92. The van der Waals surface area contributed by atoms with Crippen molar-refractivity contribution in [2.24, 2.45) is 5.92 Å². The largest absolute Gasteiger partial charge is 0.354 e. The second kappa shape index (κ2) is 8.06. The maximum absolute atomic E-state index is 12.4. The molecule has 1 aliphatic rings. The Kier molecular flexibility index (Phi) is 5.60. The van der Waals surface area contributed by atoms with E-state index in [1.54, 1.807) is 11.0 Å². The first-order valence-electron chi connectivity index (χ1n) is 8.61. The number of pyridine rings is 1. The van der Waals surface area contributed by atoms with Crippen molar-refractivity contribution >= 4 is 11.7 Å². The number of amides is 1. The highest BCUT2D eigenvalue weighted by Crippen LogP contribution is 2.18. The lowest BCUT2D eigenvalue weighted by atomic mass is 10.1. The summed E-state index contributed by atoms with van der Waals surface area (Å²) in [5, 5.41) is 7.07. The van der Waals surface area contributed by atoms with Crippen LogP contribution in [0.2, 0.25) is 0 Å². The van der Waals surface area contributed by atoms with E-state index in [0.717, 1.165) is 37.6 Å². The Balaban J connectivity index is 1.58. The molecule has 1 aliphatic heterocycles. The zero-order chi connectivity index (χ0) is 17.6. The van der Waals surface area contributed by atoms with Crippen molar-refractivity contribution in [3.8, 4) is 0 Å². The summed E-state index contributed by atoms with van der Waals surface area (Å²) in [6, 6.07) is 3.95. The molecule has 1 saturated heterocycles. The van der Waals surface area contributed by atoms with E-state index in [-0.39, 0.29) is 11.8 Å². The van der Waals surface area contributed by atoms with E-state index in [1.807, 2.05) is 25.3 Å². The third kappa shape index (κ3) is 4.54. The molecular weight excluding hydrogens is 318 g/mol. The van der Waals surface area contributed by atoms with Gasteiger partial charge in [-0.1, -0.05) is 13.0 Å². The van der Waals surface area contributed by atoms with Crippen LogP contribution in [0.3, 0.4) is 0 Å². The molecule has 0 unspecified atom stereocenters. The van der Waals surface area contributed by atoms with E-state index >= 15 is 0 Å². The van der Waals surface area contributed by atoms with E-state index in [0.29, 0.717) is 13.1 Å². The number of aromatic nitrogens is 4. The number of nitrogens with one attached hydrogen (secondary N) is 1. The van der Waals surface area contributed by atoms with Gasteiger partial charge in [-0.3, -0.25) is 9.48 Å². The van der Waals surface area contributed by atoms with Crippen molar-refractivity contribution in [1.82, 2.24) is 30.0 Å². The minimum atomic E-state index is -0.176. The molecular formula is C17H25N7O. The number of rotatable bonds is 6. The van der Waals surface area contributed by atoms with Crippen molar-refractivity contribution < 1.29 is 4.79 Å². The van der Waals surface area contributed by atoms with Gasteiger partial charge in [-0.25, -0.2) is 9.97 Å². The van der Waals surface area contributed by atoms with E-state index in [9.17, 15) is 4.79 Å². The standard InChI is InChI=1S/C17H25N7O/c1-14(11-24-13-18-12-21-24)17(25)20-10-15-4-3-5-19-16(15)23-8-6-22(2)7-9-23/h3-5,12-14H,6-11H2,1-2H3,(H,20,25)/t14-/m1/s1. The number of carbonyl (C=O) groups is 1. The summed E-state index contributed by atoms with van der Waals surface area (Å²) in [7, 11) is 2.13. The lowest BCUT2D eigenvalue weighted by molar-refractivity contribution is -0.125. The predicted molar refractivity (Wildman–Crippen MR) is 95.0 cm³/mol. The van der Waals surface area contributed by atoms with Gasteiger partial charge in [0, 0.05) is 44.5 Å². The summed E-state index contributed by atoms with van der Waals surface area (Å²) < 4.78 is 1.67. The predicted octanol–water partition coefficient (Wildman–Crippen LogP) is 0.377. The summed E-state index contributed by atoms with van der Waals surface area (Å²) in [6.45, 7) is 6.85. The van der Waals surface area contributed by atoms with Gasteiger partial charge in [-0.05, 0) is 13.1 Å². The summed E-state index contributed by atoms with van der Waals surface area (Å²) in [6.07, 6.45) is 4.91. The highest BCUT2D eigenvalue weighted by Gasteiger charge is 2.19. The molecule has 2 aromatic heterocycles. The summed E-state index contributed by atoms with van der Waals surface area (Å²) in [5.41, 5.74) is 1.05. The molecule has 25 heavy (non-hydrogen) atoms. The zero-order valence-electron chi connectivity index (χ0n) is 14.8. The van der Waals surface area contributed by atoms with Gasteiger partial charge in [0.25, 0.3) is 0 Å². The van der Waals surface area contributed by atoms with E-state index < -0.39 is 0 Å². The molecule has 8 heteroatoms. The minimum Gasteiger partial charge on any atom is -0.354 e. The normalized spacial score (nSPS) is 16.6. The molecule has 3 rings (SSSR count). The lowest BCUT2D eigenvalue weighted by Gasteiger charge is -2.34. The Labute approximate surface area is 147 Å². The molecule has 3 heterocycles. The highest BCUT2D eigenvalue weighted by molar-refractivity contribution is 5.78.